The second-order valence-corrected chi connectivity index (χ2v) is 5.16. The Morgan fingerprint density at radius 1 is 0.850 bits per heavy atom. The number of rotatable bonds is 5. The predicted molar refractivity (Wildman–Crippen MR) is 80.7 cm³/mol. The molecule has 0 saturated heterocycles. The summed E-state index contributed by atoms with van der Waals surface area (Å²) in [6, 6.07) is 17.4. The maximum absolute atomic E-state index is 12.0. The molecule has 0 aliphatic heterocycles. The van der Waals surface area contributed by atoms with Gasteiger partial charge in [0.15, 0.2) is 5.78 Å². The molecule has 0 heterocycles. The highest BCUT2D eigenvalue weighted by molar-refractivity contribution is 6.08. The smallest absolute Gasteiger partial charge is 0.170 e. The summed E-state index contributed by atoms with van der Waals surface area (Å²) < 4.78 is 0. The zero-order valence-electron chi connectivity index (χ0n) is 11.8. The van der Waals surface area contributed by atoms with Gasteiger partial charge < -0.3 is 0 Å². The summed E-state index contributed by atoms with van der Waals surface area (Å²) in [6.07, 6.45) is -0.0116. The number of ketones is 2. The van der Waals surface area contributed by atoms with Crippen molar-refractivity contribution in [3.05, 3.63) is 60.2 Å². The van der Waals surface area contributed by atoms with E-state index in [2.05, 4.69) is 0 Å². The molecule has 0 saturated carbocycles. The first-order chi connectivity index (χ1) is 9.58. The van der Waals surface area contributed by atoms with E-state index in [1.54, 1.807) is 12.1 Å². The summed E-state index contributed by atoms with van der Waals surface area (Å²) in [5, 5.41) is 0. The lowest BCUT2D eigenvalue weighted by atomic mass is 9.98. The van der Waals surface area contributed by atoms with Crippen LogP contribution in [0.3, 0.4) is 0 Å². The normalized spacial score (nSPS) is 10.6. The van der Waals surface area contributed by atoms with Gasteiger partial charge in [-0.3, -0.25) is 9.59 Å². The molecular weight excluding hydrogens is 248 g/mol. The molecule has 102 valence electrons. The molecule has 2 heteroatoms. The van der Waals surface area contributed by atoms with E-state index in [4.69, 9.17) is 0 Å². The Labute approximate surface area is 119 Å². The van der Waals surface area contributed by atoms with E-state index in [0.717, 1.165) is 11.1 Å². The first-order valence-electron chi connectivity index (χ1n) is 6.79. The van der Waals surface area contributed by atoms with Crippen molar-refractivity contribution in [2.45, 2.75) is 20.3 Å². The molecule has 0 unspecified atom stereocenters. The van der Waals surface area contributed by atoms with E-state index in [0.29, 0.717) is 5.56 Å². The Kier molecular flexibility index (Phi) is 4.46. The van der Waals surface area contributed by atoms with Crippen LogP contribution in [0, 0.1) is 5.92 Å². The topological polar surface area (TPSA) is 34.1 Å². The lowest BCUT2D eigenvalue weighted by Crippen LogP contribution is -2.13. The van der Waals surface area contributed by atoms with Crippen molar-refractivity contribution >= 4 is 11.6 Å². The molecule has 0 radical (unpaired) electrons. The zero-order valence-corrected chi connectivity index (χ0v) is 11.8. The van der Waals surface area contributed by atoms with Crippen LogP contribution in [0.2, 0.25) is 0 Å². The molecular formula is C18H18O2. The molecule has 2 nitrogen and oxygen atoms in total. The van der Waals surface area contributed by atoms with E-state index < -0.39 is 0 Å². The molecule has 0 aromatic heterocycles. The average molecular weight is 266 g/mol. The minimum Gasteiger partial charge on any atom is -0.299 e. The van der Waals surface area contributed by atoms with Crippen molar-refractivity contribution < 1.29 is 9.59 Å². The van der Waals surface area contributed by atoms with Crippen molar-refractivity contribution in [2.75, 3.05) is 0 Å². The fraction of sp³-hybridized carbons (Fsp3) is 0.222. The number of benzene rings is 2. The van der Waals surface area contributed by atoms with Gasteiger partial charge in [-0.15, -0.1) is 0 Å². The summed E-state index contributed by atoms with van der Waals surface area (Å²) >= 11 is 0. The van der Waals surface area contributed by atoms with Gasteiger partial charge >= 0.3 is 0 Å². The van der Waals surface area contributed by atoms with Crippen LogP contribution in [0.4, 0.5) is 0 Å². The highest BCUT2D eigenvalue weighted by Crippen LogP contribution is 2.20. The van der Waals surface area contributed by atoms with Crippen LogP contribution in [0.1, 0.15) is 30.6 Å². The highest BCUT2D eigenvalue weighted by Gasteiger charge is 2.14. The quantitative estimate of drug-likeness (QED) is 0.601. The molecule has 2 rings (SSSR count). The molecule has 2 aromatic rings. The molecule has 0 aliphatic rings. The fourth-order valence-corrected chi connectivity index (χ4v) is 1.94. The molecule has 0 atom stereocenters. The second kappa shape index (κ2) is 6.29. The zero-order chi connectivity index (χ0) is 14.5. The van der Waals surface area contributed by atoms with Crippen LogP contribution in [0.5, 0.6) is 0 Å². The standard InChI is InChI=1S/C18H18O2/c1-13(2)17(19)12-18(20)16-10-8-15(9-11-16)14-6-4-3-5-7-14/h3-11,13H,12H2,1-2H3. The van der Waals surface area contributed by atoms with Crippen molar-refractivity contribution in [2.24, 2.45) is 5.92 Å². The molecule has 0 fully saturated rings. The van der Waals surface area contributed by atoms with E-state index in [1.165, 1.54) is 0 Å². The van der Waals surface area contributed by atoms with Crippen LogP contribution < -0.4 is 0 Å². The second-order valence-electron chi connectivity index (χ2n) is 5.16. The van der Waals surface area contributed by atoms with Crippen LogP contribution >= 0.6 is 0 Å². The average Bonchev–Trinajstić information content (AvgIpc) is 2.48. The van der Waals surface area contributed by atoms with Gasteiger partial charge in [0, 0.05) is 11.5 Å². The minimum absolute atomic E-state index is 0.0116. The Morgan fingerprint density at radius 3 is 1.95 bits per heavy atom. The Bertz CT molecular complexity index is 595. The van der Waals surface area contributed by atoms with Crippen LogP contribution in [-0.4, -0.2) is 11.6 Å². The van der Waals surface area contributed by atoms with Gasteiger partial charge in [0.05, 0.1) is 6.42 Å². The summed E-state index contributed by atoms with van der Waals surface area (Å²) in [4.78, 5) is 23.6. The van der Waals surface area contributed by atoms with Crippen molar-refractivity contribution in [1.82, 2.24) is 0 Å². The summed E-state index contributed by atoms with van der Waals surface area (Å²) in [5.74, 6) is -0.215. The maximum atomic E-state index is 12.0. The highest BCUT2D eigenvalue weighted by atomic mass is 16.1. The van der Waals surface area contributed by atoms with Gasteiger partial charge in [0.2, 0.25) is 0 Å². The third-order valence-electron chi connectivity index (χ3n) is 3.29. The molecule has 0 bridgehead atoms. The van der Waals surface area contributed by atoms with E-state index in [1.807, 2.05) is 56.3 Å². The number of carbonyl (C=O) groups is 2. The largest absolute Gasteiger partial charge is 0.299 e. The van der Waals surface area contributed by atoms with Crippen LogP contribution in [0.15, 0.2) is 54.6 Å². The molecule has 0 spiro atoms. The number of carbonyl (C=O) groups excluding carboxylic acids is 2. The SMILES string of the molecule is CC(C)C(=O)CC(=O)c1ccc(-c2ccccc2)cc1. The fourth-order valence-electron chi connectivity index (χ4n) is 1.94. The van der Waals surface area contributed by atoms with E-state index in [-0.39, 0.29) is 23.9 Å². The van der Waals surface area contributed by atoms with Crippen LogP contribution in [-0.2, 0) is 4.79 Å². The summed E-state index contributed by atoms with van der Waals surface area (Å²) in [6.45, 7) is 3.63. The van der Waals surface area contributed by atoms with Crippen molar-refractivity contribution in [3.8, 4) is 11.1 Å². The molecule has 2 aromatic carbocycles. The Morgan fingerprint density at radius 2 is 1.40 bits per heavy atom. The van der Waals surface area contributed by atoms with Gasteiger partial charge in [-0.05, 0) is 11.1 Å². The first kappa shape index (κ1) is 14.2. The maximum Gasteiger partial charge on any atom is 0.170 e. The van der Waals surface area contributed by atoms with Gasteiger partial charge in [0.1, 0.15) is 5.78 Å². The van der Waals surface area contributed by atoms with Gasteiger partial charge in [-0.1, -0.05) is 68.4 Å². The number of Topliss-reactive ketones (excluding diaryl/α,β-unsaturated/α-hetero) is 2. The third kappa shape index (κ3) is 3.41. The first-order valence-corrected chi connectivity index (χ1v) is 6.79. The summed E-state index contributed by atoms with van der Waals surface area (Å²) in [5.41, 5.74) is 2.78. The van der Waals surface area contributed by atoms with Gasteiger partial charge in [0.25, 0.3) is 0 Å². The minimum atomic E-state index is -0.108. The van der Waals surface area contributed by atoms with Crippen molar-refractivity contribution in [1.29, 1.82) is 0 Å². The number of hydrogen-bond donors (Lipinski definition) is 0. The lowest BCUT2D eigenvalue weighted by molar-refractivity contribution is -0.121. The predicted octanol–water partition coefficient (Wildman–Crippen LogP) is 4.15. The molecule has 0 amide bonds. The molecule has 0 N–H and O–H groups in total. The third-order valence-corrected chi connectivity index (χ3v) is 3.29. The van der Waals surface area contributed by atoms with Crippen molar-refractivity contribution in [3.63, 3.8) is 0 Å². The molecule has 0 aliphatic carbocycles. The number of hydrogen-bond acceptors (Lipinski definition) is 2. The lowest BCUT2D eigenvalue weighted by Gasteiger charge is -2.05. The Balaban J connectivity index is 2.12. The molecule has 20 heavy (non-hydrogen) atoms. The monoisotopic (exact) mass is 266 g/mol. The van der Waals surface area contributed by atoms with E-state index in [9.17, 15) is 9.59 Å². The van der Waals surface area contributed by atoms with Gasteiger partial charge in [-0.25, -0.2) is 0 Å². The summed E-state index contributed by atoms with van der Waals surface area (Å²) in [7, 11) is 0. The van der Waals surface area contributed by atoms with E-state index >= 15 is 0 Å². The Hall–Kier alpha value is -2.22. The van der Waals surface area contributed by atoms with Crippen LogP contribution in [0.25, 0.3) is 11.1 Å². The van der Waals surface area contributed by atoms with Gasteiger partial charge in [-0.2, -0.15) is 0 Å².